The SMILES string of the molecule is COc1c(F)c(-c2csc3c2CC(C(N)C(F)(F)F)CC3)c(C)c2c1c(=O)[nH]c(=O)n2C1CC1. The molecule has 2 aromatic heterocycles. The molecule has 2 heterocycles. The standard InChI is InChI=1S/C23H23F4N3O3S/c1-9-15(13-8-34-14-6-3-10(7-12(13)14)20(28)23(25,26)27)17(24)19(33-2)16-18(9)30(11-4-5-11)22(32)29-21(16)31/h8,10-11,20H,3-7,28H2,1-2H3,(H,29,31,32). The lowest BCUT2D eigenvalue weighted by Crippen LogP contribution is -2.45. The predicted octanol–water partition coefficient (Wildman–Crippen LogP) is 4.20. The van der Waals surface area contributed by atoms with Crippen molar-refractivity contribution >= 4 is 22.2 Å². The highest BCUT2D eigenvalue weighted by Crippen LogP contribution is 2.46. The van der Waals surface area contributed by atoms with Gasteiger partial charge in [-0.3, -0.25) is 14.3 Å². The number of thiophene rings is 1. The highest BCUT2D eigenvalue weighted by atomic mass is 32.1. The number of halogens is 4. The molecular weight excluding hydrogens is 474 g/mol. The Hall–Kier alpha value is -2.66. The molecule has 1 fully saturated rings. The second-order valence-electron chi connectivity index (χ2n) is 9.05. The average molecular weight is 498 g/mol. The Morgan fingerprint density at radius 1 is 1.26 bits per heavy atom. The predicted molar refractivity (Wildman–Crippen MR) is 121 cm³/mol. The molecule has 0 aliphatic heterocycles. The highest BCUT2D eigenvalue weighted by Gasteiger charge is 2.43. The van der Waals surface area contributed by atoms with Gasteiger partial charge in [0.15, 0.2) is 11.6 Å². The lowest BCUT2D eigenvalue weighted by molar-refractivity contribution is -0.159. The van der Waals surface area contributed by atoms with Crippen LogP contribution in [0, 0.1) is 18.7 Å². The molecule has 2 aliphatic rings. The molecule has 1 saturated carbocycles. The number of nitrogens with zero attached hydrogens (tertiary/aromatic N) is 1. The number of nitrogens with two attached hydrogens (primary N) is 1. The van der Waals surface area contributed by atoms with Crippen LogP contribution in [0.4, 0.5) is 17.6 Å². The van der Waals surface area contributed by atoms with E-state index in [2.05, 4.69) is 4.98 Å². The first-order valence-electron chi connectivity index (χ1n) is 11.0. The smallest absolute Gasteiger partial charge is 0.403 e. The Kier molecular flexibility index (Phi) is 5.40. The van der Waals surface area contributed by atoms with Crippen molar-refractivity contribution in [1.29, 1.82) is 0 Å². The number of methoxy groups -OCH3 is 1. The number of benzene rings is 1. The van der Waals surface area contributed by atoms with Crippen LogP contribution in [0.25, 0.3) is 22.0 Å². The molecule has 0 bridgehead atoms. The van der Waals surface area contributed by atoms with Crippen molar-refractivity contribution in [2.45, 2.75) is 57.3 Å². The van der Waals surface area contributed by atoms with E-state index in [4.69, 9.17) is 10.5 Å². The minimum Gasteiger partial charge on any atom is -0.493 e. The first-order valence-corrected chi connectivity index (χ1v) is 11.9. The molecule has 0 spiro atoms. The fourth-order valence-electron chi connectivity index (χ4n) is 5.15. The summed E-state index contributed by atoms with van der Waals surface area (Å²) in [5, 5.41) is 1.68. The topological polar surface area (TPSA) is 90.1 Å². The molecule has 5 rings (SSSR count). The van der Waals surface area contributed by atoms with Crippen LogP contribution in [-0.2, 0) is 12.8 Å². The largest absolute Gasteiger partial charge is 0.493 e. The van der Waals surface area contributed by atoms with Crippen LogP contribution in [0.2, 0.25) is 0 Å². The summed E-state index contributed by atoms with van der Waals surface area (Å²) < 4.78 is 62.6. The minimum atomic E-state index is -4.52. The molecular formula is C23H23F4N3O3S. The molecule has 2 atom stereocenters. The summed E-state index contributed by atoms with van der Waals surface area (Å²) in [7, 11) is 1.24. The van der Waals surface area contributed by atoms with Crippen molar-refractivity contribution in [1.82, 2.24) is 9.55 Å². The van der Waals surface area contributed by atoms with Crippen LogP contribution >= 0.6 is 11.3 Å². The zero-order chi connectivity index (χ0) is 24.5. The first-order chi connectivity index (χ1) is 16.0. The van der Waals surface area contributed by atoms with Gasteiger partial charge < -0.3 is 10.5 Å². The zero-order valence-electron chi connectivity index (χ0n) is 18.5. The number of hydrogen-bond donors (Lipinski definition) is 2. The molecule has 1 aromatic carbocycles. The second kappa shape index (κ2) is 7.94. The quantitative estimate of drug-likeness (QED) is 0.529. The fourth-order valence-corrected chi connectivity index (χ4v) is 6.24. The summed E-state index contributed by atoms with van der Waals surface area (Å²) in [5.41, 5.74) is 6.11. The molecule has 0 amide bonds. The Balaban J connectivity index is 1.76. The maximum atomic E-state index is 15.9. The van der Waals surface area contributed by atoms with E-state index < -0.39 is 35.2 Å². The van der Waals surface area contributed by atoms with Crippen molar-refractivity contribution in [3.05, 3.63) is 48.0 Å². The van der Waals surface area contributed by atoms with Gasteiger partial charge in [-0.2, -0.15) is 13.2 Å². The molecule has 3 N–H and O–H groups in total. The van der Waals surface area contributed by atoms with Crippen LogP contribution in [0.1, 0.15) is 41.3 Å². The van der Waals surface area contributed by atoms with Gasteiger partial charge in [0, 0.05) is 16.5 Å². The number of nitrogens with one attached hydrogen (secondary N) is 1. The summed E-state index contributed by atoms with van der Waals surface area (Å²) in [5.74, 6) is -1.88. The van der Waals surface area contributed by atoms with E-state index in [1.807, 2.05) is 0 Å². The van der Waals surface area contributed by atoms with Crippen molar-refractivity contribution in [2.24, 2.45) is 11.7 Å². The molecule has 2 aliphatic carbocycles. The van der Waals surface area contributed by atoms with Crippen LogP contribution in [-0.4, -0.2) is 28.9 Å². The number of aromatic amines is 1. The monoisotopic (exact) mass is 497 g/mol. The normalized spacial score (nSPS) is 19.3. The summed E-state index contributed by atoms with van der Waals surface area (Å²) >= 11 is 1.37. The number of fused-ring (bicyclic) bond motifs is 2. The zero-order valence-corrected chi connectivity index (χ0v) is 19.3. The van der Waals surface area contributed by atoms with E-state index >= 15 is 4.39 Å². The minimum absolute atomic E-state index is 0.0474. The molecule has 0 radical (unpaired) electrons. The van der Waals surface area contributed by atoms with E-state index in [1.54, 1.807) is 12.3 Å². The molecule has 34 heavy (non-hydrogen) atoms. The van der Waals surface area contributed by atoms with Gasteiger partial charge >= 0.3 is 11.9 Å². The molecule has 3 aromatic rings. The van der Waals surface area contributed by atoms with Gasteiger partial charge in [0.05, 0.1) is 12.6 Å². The van der Waals surface area contributed by atoms with Crippen LogP contribution in [0.5, 0.6) is 5.75 Å². The van der Waals surface area contributed by atoms with Gasteiger partial charge in [-0.25, -0.2) is 9.18 Å². The highest BCUT2D eigenvalue weighted by molar-refractivity contribution is 7.10. The van der Waals surface area contributed by atoms with Gasteiger partial charge in [0.1, 0.15) is 11.4 Å². The fraction of sp³-hybridized carbons (Fsp3) is 0.478. The van der Waals surface area contributed by atoms with E-state index in [1.165, 1.54) is 23.0 Å². The maximum Gasteiger partial charge on any atom is 0.403 e. The third-order valence-corrected chi connectivity index (χ3v) is 8.07. The second-order valence-corrected chi connectivity index (χ2v) is 10.0. The summed E-state index contributed by atoms with van der Waals surface area (Å²) in [6.45, 7) is 1.63. The number of H-pyrrole nitrogens is 1. The first kappa shape index (κ1) is 23.1. The van der Waals surface area contributed by atoms with Gasteiger partial charge in [-0.15, -0.1) is 11.3 Å². The summed E-state index contributed by atoms with van der Waals surface area (Å²) in [4.78, 5) is 28.5. The van der Waals surface area contributed by atoms with Crippen molar-refractivity contribution in [3.8, 4) is 16.9 Å². The van der Waals surface area contributed by atoms with Crippen LogP contribution in [0.3, 0.4) is 0 Å². The number of alkyl halides is 3. The van der Waals surface area contributed by atoms with Gasteiger partial charge in [0.25, 0.3) is 5.56 Å². The summed E-state index contributed by atoms with van der Waals surface area (Å²) in [6, 6.07) is -2.08. The van der Waals surface area contributed by atoms with Crippen LogP contribution < -0.4 is 21.7 Å². The third kappa shape index (κ3) is 3.48. The molecule has 182 valence electrons. The van der Waals surface area contributed by atoms with Crippen LogP contribution in [0.15, 0.2) is 15.0 Å². The van der Waals surface area contributed by atoms with Crippen molar-refractivity contribution < 1.29 is 22.3 Å². The Labute approximate surface area is 195 Å². The van der Waals surface area contributed by atoms with E-state index in [0.29, 0.717) is 35.0 Å². The number of rotatable bonds is 4. The summed E-state index contributed by atoms with van der Waals surface area (Å²) in [6.07, 6.45) is -2.23. The Bertz CT molecular complexity index is 1420. The molecule has 6 nitrogen and oxygen atoms in total. The number of hydrogen-bond acceptors (Lipinski definition) is 5. The third-order valence-electron chi connectivity index (χ3n) is 6.98. The van der Waals surface area contributed by atoms with Gasteiger partial charge in [0.2, 0.25) is 0 Å². The van der Waals surface area contributed by atoms with E-state index in [-0.39, 0.29) is 29.2 Å². The molecule has 2 unspecified atom stereocenters. The number of aromatic nitrogens is 2. The Morgan fingerprint density at radius 3 is 2.59 bits per heavy atom. The van der Waals surface area contributed by atoms with E-state index in [9.17, 15) is 22.8 Å². The van der Waals surface area contributed by atoms with Crippen molar-refractivity contribution in [3.63, 3.8) is 0 Å². The van der Waals surface area contributed by atoms with E-state index in [0.717, 1.165) is 17.7 Å². The maximum absolute atomic E-state index is 15.9. The number of ether oxygens (including phenoxy) is 1. The number of aryl methyl sites for hydroxylation is 2. The lowest BCUT2D eigenvalue weighted by Gasteiger charge is -2.30. The lowest BCUT2D eigenvalue weighted by atomic mass is 9.80. The van der Waals surface area contributed by atoms with Gasteiger partial charge in [-0.05, 0) is 67.0 Å². The van der Waals surface area contributed by atoms with Gasteiger partial charge in [-0.1, -0.05) is 0 Å². The molecule has 11 heteroatoms. The Morgan fingerprint density at radius 2 is 1.97 bits per heavy atom. The van der Waals surface area contributed by atoms with Crippen molar-refractivity contribution in [2.75, 3.05) is 7.11 Å². The molecule has 0 saturated heterocycles. The average Bonchev–Trinajstić information content (AvgIpc) is 3.53.